The molecule has 4 nitrogen and oxygen atoms in total. The Bertz CT molecular complexity index is 383. The van der Waals surface area contributed by atoms with Crippen molar-refractivity contribution in [1.82, 2.24) is 9.97 Å². The zero-order chi connectivity index (χ0) is 9.26. The van der Waals surface area contributed by atoms with Crippen molar-refractivity contribution in [2.75, 3.05) is 0 Å². The van der Waals surface area contributed by atoms with Gasteiger partial charge in [0.25, 0.3) is 0 Å². The minimum absolute atomic E-state index is 0.367. The van der Waals surface area contributed by atoms with Crippen LogP contribution in [0.15, 0.2) is 15.7 Å². The minimum atomic E-state index is 0.367. The van der Waals surface area contributed by atoms with Crippen LogP contribution in [0.25, 0.3) is 0 Å². The van der Waals surface area contributed by atoms with Crippen LogP contribution in [0.4, 0.5) is 5.82 Å². The first kappa shape index (κ1) is 8.53. The van der Waals surface area contributed by atoms with Crippen molar-refractivity contribution >= 4 is 27.8 Å². The third kappa shape index (κ3) is 1.82. The van der Waals surface area contributed by atoms with Crippen LogP contribution >= 0.6 is 15.9 Å². The molecule has 0 radical (unpaired) electrons. The average molecular weight is 240 g/mol. The van der Waals surface area contributed by atoms with Crippen LogP contribution in [0.2, 0.25) is 0 Å². The zero-order valence-corrected chi connectivity index (χ0v) is 8.28. The van der Waals surface area contributed by atoms with E-state index in [4.69, 9.17) is 0 Å². The predicted molar refractivity (Wildman–Crippen MR) is 49.5 cm³/mol. The number of hydrogen-bond donors (Lipinski definition) is 0. The van der Waals surface area contributed by atoms with Crippen molar-refractivity contribution in [2.45, 2.75) is 18.8 Å². The number of hydrogen-bond acceptors (Lipinski definition) is 4. The number of isocyanates is 1. The molecule has 0 amide bonds. The van der Waals surface area contributed by atoms with E-state index in [9.17, 15) is 4.79 Å². The highest BCUT2D eigenvalue weighted by atomic mass is 79.9. The van der Waals surface area contributed by atoms with Gasteiger partial charge in [-0.3, -0.25) is 0 Å². The number of halogens is 1. The van der Waals surface area contributed by atoms with Gasteiger partial charge < -0.3 is 0 Å². The van der Waals surface area contributed by atoms with Gasteiger partial charge in [0.2, 0.25) is 6.08 Å². The Balaban J connectivity index is 2.41. The maximum absolute atomic E-state index is 10.1. The molecule has 1 heterocycles. The van der Waals surface area contributed by atoms with Crippen molar-refractivity contribution in [2.24, 2.45) is 4.99 Å². The normalized spacial score (nSPS) is 15.2. The molecule has 1 aromatic heterocycles. The molecule has 0 aromatic carbocycles. The molecule has 1 aliphatic carbocycles. The molecular weight excluding hydrogens is 234 g/mol. The molecular formula is C8H6BrN3O. The summed E-state index contributed by atoms with van der Waals surface area (Å²) >= 11 is 3.20. The average Bonchev–Trinajstić information content (AvgIpc) is 2.92. The minimum Gasteiger partial charge on any atom is -0.240 e. The highest BCUT2D eigenvalue weighted by Crippen LogP contribution is 2.39. The molecule has 1 aliphatic rings. The summed E-state index contributed by atoms with van der Waals surface area (Å²) in [6.07, 6.45) is 5.35. The first-order valence-corrected chi connectivity index (χ1v) is 4.71. The molecule has 0 spiro atoms. The Hall–Kier alpha value is -1.06. The molecule has 0 N–H and O–H groups in total. The number of carbonyl (C=O) groups excluding carboxylic acids is 1. The van der Waals surface area contributed by atoms with Crippen LogP contribution in [0.3, 0.4) is 0 Å². The summed E-state index contributed by atoms with van der Waals surface area (Å²) in [5.41, 5.74) is 0. The number of nitrogens with zero attached hydrogens (tertiary/aromatic N) is 3. The van der Waals surface area contributed by atoms with Gasteiger partial charge in [0, 0.05) is 12.1 Å². The van der Waals surface area contributed by atoms with E-state index in [-0.39, 0.29) is 0 Å². The van der Waals surface area contributed by atoms with E-state index >= 15 is 0 Å². The second-order valence-electron chi connectivity index (χ2n) is 2.88. The van der Waals surface area contributed by atoms with E-state index in [2.05, 4.69) is 30.9 Å². The summed E-state index contributed by atoms with van der Waals surface area (Å²) in [6, 6.07) is 0. The Morgan fingerprint density at radius 3 is 3.00 bits per heavy atom. The molecule has 1 fully saturated rings. The third-order valence-electron chi connectivity index (χ3n) is 1.84. The van der Waals surface area contributed by atoms with Gasteiger partial charge in [-0.05, 0) is 28.8 Å². The molecule has 2 rings (SSSR count). The molecule has 0 unspecified atom stereocenters. The zero-order valence-electron chi connectivity index (χ0n) is 6.70. The molecule has 1 saturated carbocycles. The Labute approximate surface area is 83.2 Å². The fraction of sp³-hybridized carbons (Fsp3) is 0.375. The number of aromatic nitrogens is 2. The lowest BCUT2D eigenvalue weighted by atomic mass is 10.4. The summed E-state index contributed by atoms with van der Waals surface area (Å²) in [4.78, 5) is 21.8. The van der Waals surface area contributed by atoms with Gasteiger partial charge in [-0.1, -0.05) is 0 Å². The molecule has 13 heavy (non-hydrogen) atoms. The van der Waals surface area contributed by atoms with Crippen molar-refractivity contribution in [3.8, 4) is 0 Å². The lowest BCUT2D eigenvalue weighted by Gasteiger charge is -1.98. The third-order valence-corrected chi connectivity index (χ3v) is 2.40. The van der Waals surface area contributed by atoms with Crippen molar-refractivity contribution in [3.05, 3.63) is 16.5 Å². The second kappa shape index (κ2) is 3.36. The number of rotatable bonds is 2. The monoisotopic (exact) mass is 239 g/mol. The predicted octanol–water partition coefficient (Wildman–Crippen LogP) is 2.08. The Morgan fingerprint density at radius 2 is 2.38 bits per heavy atom. The summed E-state index contributed by atoms with van der Waals surface area (Å²) in [6.45, 7) is 0. The summed E-state index contributed by atoms with van der Waals surface area (Å²) < 4.78 is 0.625. The standard InChI is InChI=1S/C8H6BrN3O/c9-6-3-10-7(5-1-2-5)12-8(6)11-4-13/h3,5H,1-2H2. The molecule has 5 heteroatoms. The van der Waals surface area contributed by atoms with E-state index in [1.165, 1.54) is 6.08 Å². The molecule has 1 aromatic rings. The molecule has 0 atom stereocenters. The van der Waals surface area contributed by atoms with E-state index in [0.29, 0.717) is 16.2 Å². The maximum Gasteiger partial charge on any atom is 0.242 e. The van der Waals surface area contributed by atoms with Crippen LogP contribution in [-0.4, -0.2) is 16.0 Å². The largest absolute Gasteiger partial charge is 0.242 e. The highest BCUT2D eigenvalue weighted by molar-refractivity contribution is 9.10. The van der Waals surface area contributed by atoms with Crippen LogP contribution in [0.5, 0.6) is 0 Å². The van der Waals surface area contributed by atoms with Crippen LogP contribution in [0, 0.1) is 0 Å². The van der Waals surface area contributed by atoms with Crippen molar-refractivity contribution in [3.63, 3.8) is 0 Å². The van der Waals surface area contributed by atoms with Gasteiger partial charge >= 0.3 is 0 Å². The molecule has 0 bridgehead atoms. The van der Waals surface area contributed by atoms with Crippen molar-refractivity contribution in [1.29, 1.82) is 0 Å². The fourth-order valence-electron chi connectivity index (χ4n) is 1.03. The highest BCUT2D eigenvalue weighted by Gasteiger charge is 2.26. The summed E-state index contributed by atoms with van der Waals surface area (Å²) in [5, 5.41) is 0. The van der Waals surface area contributed by atoms with Crippen molar-refractivity contribution < 1.29 is 4.79 Å². The van der Waals surface area contributed by atoms with Gasteiger partial charge in [-0.15, -0.1) is 4.99 Å². The van der Waals surface area contributed by atoms with Gasteiger partial charge in [-0.25, -0.2) is 14.8 Å². The second-order valence-corrected chi connectivity index (χ2v) is 3.73. The maximum atomic E-state index is 10.1. The van der Waals surface area contributed by atoms with Gasteiger partial charge in [0.15, 0.2) is 5.82 Å². The first-order chi connectivity index (χ1) is 6.31. The van der Waals surface area contributed by atoms with E-state index < -0.39 is 0 Å². The van der Waals surface area contributed by atoms with Gasteiger partial charge in [-0.2, -0.15) is 0 Å². The van der Waals surface area contributed by atoms with Gasteiger partial charge in [0.05, 0.1) is 4.47 Å². The molecule has 0 aliphatic heterocycles. The summed E-state index contributed by atoms with van der Waals surface area (Å²) in [5.74, 6) is 1.61. The Morgan fingerprint density at radius 1 is 1.62 bits per heavy atom. The van der Waals surface area contributed by atoms with Gasteiger partial charge in [0.1, 0.15) is 5.82 Å². The topological polar surface area (TPSA) is 55.2 Å². The van der Waals surface area contributed by atoms with E-state index in [1.807, 2.05) is 0 Å². The van der Waals surface area contributed by atoms with Crippen LogP contribution in [-0.2, 0) is 4.79 Å². The molecule has 66 valence electrons. The fourth-order valence-corrected chi connectivity index (χ4v) is 1.31. The number of aliphatic imine (C=N–C) groups is 1. The van der Waals surface area contributed by atoms with E-state index in [1.54, 1.807) is 6.20 Å². The van der Waals surface area contributed by atoms with Crippen LogP contribution < -0.4 is 0 Å². The first-order valence-electron chi connectivity index (χ1n) is 3.91. The lowest BCUT2D eigenvalue weighted by molar-refractivity contribution is 0.565. The molecule has 0 saturated heterocycles. The van der Waals surface area contributed by atoms with E-state index in [0.717, 1.165) is 18.7 Å². The smallest absolute Gasteiger partial charge is 0.240 e. The lowest BCUT2D eigenvalue weighted by Crippen LogP contribution is -1.91. The Kier molecular flexibility index (Phi) is 2.20. The summed E-state index contributed by atoms with van der Waals surface area (Å²) in [7, 11) is 0. The quantitative estimate of drug-likeness (QED) is 0.587. The SMILES string of the molecule is O=C=Nc1nc(C2CC2)ncc1Br. The van der Waals surface area contributed by atoms with Crippen LogP contribution in [0.1, 0.15) is 24.6 Å².